The minimum absolute atomic E-state index is 0.111. The smallest absolute Gasteiger partial charge is 0.197 e. The first-order chi connectivity index (χ1) is 30.2. The van der Waals surface area contributed by atoms with Crippen molar-refractivity contribution in [2.75, 3.05) is 5.32 Å². The van der Waals surface area contributed by atoms with Crippen LogP contribution in [0.2, 0.25) is 0 Å². The van der Waals surface area contributed by atoms with Crippen molar-refractivity contribution in [1.29, 1.82) is 0 Å². The van der Waals surface area contributed by atoms with E-state index in [1.807, 2.05) is 6.07 Å². The molecule has 1 radical (unpaired) electrons. The minimum atomic E-state index is 0.111. The Morgan fingerprint density at radius 2 is 1.23 bits per heavy atom. The highest BCUT2D eigenvalue weighted by Crippen LogP contribution is 2.48. The molecule has 0 saturated carbocycles. The van der Waals surface area contributed by atoms with E-state index in [4.69, 9.17) is 4.42 Å². The molecule has 297 valence electrons. The Kier molecular flexibility index (Phi) is 8.15. The quantitative estimate of drug-likeness (QED) is 0.170. The van der Waals surface area contributed by atoms with Crippen molar-refractivity contribution in [3.8, 4) is 50.4 Å². The van der Waals surface area contributed by atoms with Crippen LogP contribution in [0, 0.1) is 0 Å². The van der Waals surface area contributed by atoms with Crippen molar-refractivity contribution >= 4 is 62.4 Å². The molecule has 1 aliphatic heterocycles. The van der Waals surface area contributed by atoms with Gasteiger partial charge in [0.2, 0.25) is 0 Å². The molecule has 4 heteroatoms. The van der Waals surface area contributed by atoms with Crippen LogP contribution in [0.5, 0.6) is 0 Å². The Hall–Kier alpha value is -7.04. The van der Waals surface area contributed by atoms with Gasteiger partial charge < -0.3 is 14.3 Å². The second-order valence-corrected chi connectivity index (χ2v) is 18.7. The van der Waals surface area contributed by atoms with Crippen LogP contribution >= 0.6 is 0 Å². The van der Waals surface area contributed by atoms with Crippen LogP contribution in [0.4, 0.5) is 11.4 Å². The van der Waals surface area contributed by atoms with Crippen molar-refractivity contribution in [1.82, 2.24) is 4.57 Å². The van der Waals surface area contributed by atoms with Gasteiger partial charge in [-0.15, -0.1) is 0 Å². The molecule has 2 aromatic heterocycles. The van der Waals surface area contributed by atoms with Crippen LogP contribution in [-0.4, -0.2) is 11.8 Å². The van der Waals surface area contributed by atoms with Crippen LogP contribution in [0.1, 0.15) is 51.7 Å². The maximum atomic E-state index is 6.65. The summed E-state index contributed by atoms with van der Waals surface area (Å²) in [5.41, 5.74) is 20.4. The van der Waals surface area contributed by atoms with Crippen molar-refractivity contribution in [2.45, 2.75) is 51.4 Å². The summed E-state index contributed by atoms with van der Waals surface area (Å²) in [6, 6.07) is 64.2. The van der Waals surface area contributed by atoms with Crippen molar-refractivity contribution < 1.29 is 4.42 Å². The predicted octanol–water partition coefficient (Wildman–Crippen LogP) is 14.3. The summed E-state index contributed by atoms with van der Waals surface area (Å²) in [5.74, 6) is 0.872. The fourth-order valence-corrected chi connectivity index (χ4v) is 10.5. The van der Waals surface area contributed by atoms with Gasteiger partial charge in [0.15, 0.2) is 7.28 Å². The molecule has 0 saturated heterocycles. The van der Waals surface area contributed by atoms with E-state index in [-0.39, 0.29) is 10.8 Å². The van der Waals surface area contributed by atoms with Gasteiger partial charge in [-0.2, -0.15) is 0 Å². The maximum Gasteiger partial charge on any atom is 0.197 e. The SMILES string of the molecule is CC1(C)CCC(C)(C)c2cc(Nc3ccccc3-c3cc(-c4ccccc4)c4c5cc(-c6ccccc6)ccc5n5c4c3[B]c3cc4cc(-c6ccccc6)oc4cc3-5)ccc21. The zero-order valence-corrected chi connectivity index (χ0v) is 35.6. The Balaban J connectivity index is 1.12. The van der Waals surface area contributed by atoms with Crippen LogP contribution in [-0.2, 0) is 10.8 Å². The van der Waals surface area contributed by atoms with Gasteiger partial charge in [-0.1, -0.05) is 161 Å². The third-order valence-electron chi connectivity index (χ3n) is 13.9. The molecule has 3 heterocycles. The molecule has 0 unspecified atom stereocenters. The summed E-state index contributed by atoms with van der Waals surface area (Å²) in [6.07, 6.45) is 2.37. The van der Waals surface area contributed by atoms with E-state index >= 15 is 0 Å². The average molecular weight is 798 g/mol. The summed E-state index contributed by atoms with van der Waals surface area (Å²) in [6.45, 7) is 9.59. The summed E-state index contributed by atoms with van der Waals surface area (Å²) in [7, 11) is 2.42. The van der Waals surface area contributed by atoms with Crippen LogP contribution in [0.25, 0.3) is 83.2 Å². The van der Waals surface area contributed by atoms with Crippen LogP contribution < -0.4 is 16.2 Å². The fourth-order valence-electron chi connectivity index (χ4n) is 10.5. The van der Waals surface area contributed by atoms with Gasteiger partial charge >= 0.3 is 0 Å². The highest BCUT2D eigenvalue weighted by atomic mass is 16.3. The van der Waals surface area contributed by atoms with Crippen molar-refractivity contribution in [3.63, 3.8) is 0 Å². The second kappa shape index (κ2) is 13.7. The van der Waals surface area contributed by atoms with Crippen LogP contribution in [0.15, 0.2) is 180 Å². The Morgan fingerprint density at radius 1 is 0.548 bits per heavy atom. The number of fused-ring (bicyclic) bond motifs is 7. The largest absolute Gasteiger partial charge is 0.456 e. The minimum Gasteiger partial charge on any atom is -0.456 e. The molecular formula is C58H46BN2O. The molecule has 0 spiro atoms. The van der Waals surface area contributed by atoms with Crippen molar-refractivity contribution in [2.24, 2.45) is 0 Å². The molecular weight excluding hydrogens is 751 g/mol. The summed E-state index contributed by atoms with van der Waals surface area (Å²) in [5, 5.41) is 7.52. The van der Waals surface area contributed by atoms with Crippen molar-refractivity contribution in [3.05, 3.63) is 187 Å². The van der Waals surface area contributed by atoms with Gasteiger partial charge in [-0.25, -0.2) is 0 Å². The molecule has 0 atom stereocenters. The fraction of sp³-hybridized carbons (Fsp3) is 0.138. The number of rotatable bonds is 6. The third-order valence-corrected chi connectivity index (χ3v) is 13.9. The van der Waals surface area contributed by atoms with Crippen LogP contribution in [0.3, 0.4) is 0 Å². The molecule has 62 heavy (non-hydrogen) atoms. The van der Waals surface area contributed by atoms with Gasteiger partial charge in [0.25, 0.3) is 0 Å². The molecule has 8 aromatic carbocycles. The van der Waals surface area contributed by atoms with Gasteiger partial charge in [0, 0.05) is 55.9 Å². The zero-order chi connectivity index (χ0) is 41.7. The lowest BCUT2D eigenvalue weighted by molar-refractivity contribution is 0.332. The summed E-state index contributed by atoms with van der Waals surface area (Å²) in [4.78, 5) is 0. The molecule has 2 aliphatic rings. The number of benzene rings is 8. The van der Waals surface area contributed by atoms with Gasteiger partial charge in [-0.05, 0) is 111 Å². The summed E-state index contributed by atoms with van der Waals surface area (Å²) >= 11 is 0. The standard InChI is InChI=1S/C58H46BN2O/c1-57(2)28-29-58(3,4)47-33-41(25-26-46(47)57)60-49-23-15-14-22-42(49)44-34-43(37-18-10-6-11-19-37)54-45-30-39(36-16-8-5-9-17-36)24-27-50(45)61-51-35-53-40(31-48(51)59-55(44)56(54)61)32-52(62-53)38-20-12-7-13-21-38/h5-27,30-35,60H,28-29H2,1-4H3. The van der Waals surface area contributed by atoms with E-state index in [1.165, 1.54) is 79.1 Å². The Morgan fingerprint density at radius 3 is 1.98 bits per heavy atom. The van der Waals surface area contributed by atoms with E-state index < -0.39 is 0 Å². The lowest BCUT2D eigenvalue weighted by atomic mass is 9.58. The molecule has 0 fully saturated rings. The first kappa shape index (κ1) is 36.8. The average Bonchev–Trinajstić information content (AvgIpc) is 3.88. The second-order valence-electron chi connectivity index (χ2n) is 18.7. The molecule has 12 rings (SSSR count). The first-order valence-corrected chi connectivity index (χ1v) is 22.0. The normalized spacial score (nSPS) is 14.7. The monoisotopic (exact) mass is 797 g/mol. The number of anilines is 2. The van der Waals surface area contributed by atoms with E-state index in [0.717, 1.165) is 50.4 Å². The number of hydrogen-bond donors (Lipinski definition) is 1. The number of aromatic nitrogens is 1. The molecule has 0 bridgehead atoms. The molecule has 3 nitrogen and oxygen atoms in total. The van der Waals surface area contributed by atoms with E-state index in [0.29, 0.717) is 0 Å². The zero-order valence-electron chi connectivity index (χ0n) is 35.6. The first-order valence-electron chi connectivity index (χ1n) is 22.0. The predicted molar refractivity (Wildman–Crippen MR) is 262 cm³/mol. The van der Waals surface area contributed by atoms with E-state index in [1.54, 1.807) is 0 Å². The summed E-state index contributed by atoms with van der Waals surface area (Å²) < 4.78 is 9.16. The molecule has 1 N–H and O–H groups in total. The Bertz CT molecular complexity index is 3390. The topological polar surface area (TPSA) is 30.1 Å². The molecule has 10 aromatic rings. The van der Waals surface area contributed by atoms with E-state index in [9.17, 15) is 0 Å². The van der Waals surface area contributed by atoms with Gasteiger partial charge in [-0.3, -0.25) is 0 Å². The number of para-hydroxylation sites is 1. The van der Waals surface area contributed by atoms with E-state index in [2.05, 4.69) is 215 Å². The maximum absolute atomic E-state index is 6.65. The van der Waals surface area contributed by atoms with Gasteiger partial charge in [0.1, 0.15) is 11.3 Å². The number of nitrogens with one attached hydrogen (secondary N) is 1. The molecule has 0 amide bonds. The number of nitrogens with zero attached hydrogens (tertiary/aromatic N) is 1. The highest BCUT2D eigenvalue weighted by molar-refractivity contribution is 6.74. The van der Waals surface area contributed by atoms with Gasteiger partial charge in [0.05, 0.1) is 5.52 Å². The lowest BCUT2D eigenvalue weighted by Crippen LogP contribution is -2.37. The third kappa shape index (κ3) is 5.81. The lowest BCUT2D eigenvalue weighted by Gasteiger charge is -2.42. The highest BCUT2D eigenvalue weighted by Gasteiger charge is 2.37. The molecule has 1 aliphatic carbocycles. The number of furan rings is 1. The Labute approximate surface area is 363 Å². The number of hydrogen-bond acceptors (Lipinski definition) is 2.